The fourth-order valence-corrected chi connectivity index (χ4v) is 4.58. The van der Waals surface area contributed by atoms with Crippen molar-refractivity contribution in [3.8, 4) is 17.1 Å². The Morgan fingerprint density at radius 2 is 1.80 bits per heavy atom. The van der Waals surface area contributed by atoms with Gasteiger partial charge in [-0.2, -0.15) is 4.98 Å². The molecule has 176 valence electrons. The van der Waals surface area contributed by atoms with Crippen molar-refractivity contribution in [3.63, 3.8) is 0 Å². The highest BCUT2D eigenvalue weighted by Gasteiger charge is 2.34. The van der Waals surface area contributed by atoms with Gasteiger partial charge in [-0.05, 0) is 73.6 Å². The second kappa shape index (κ2) is 9.31. The molecule has 0 saturated carbocycles. The summed E-state index contributed by atoms with van der Waals surface area (Å²) in [4.78, 5) is 6.60. The van der Waals surface area contributed by atoms with E-state index in [2.05, 4.69) is 21.5 Å². The molecule has 35 heavy (non-hydrogen) atoms. The van der Waals surface area contributed by atoms with E-state index in [1.165, 1.54) is 12.1 Å². The normalized spacial score (nSPS) is 15.8. The standard InChI is InChI=1S/C27H23FN4O2S/c1-16-6-4-9-21(14-16)32-17(2)23(24(29-27(32)35)18-10-12-22(33-3)13-11-18)26-30-25(31-34-26)19-7-5-8-20(28)15-19/h4-15,24H,1-3H3,(H,29,35). The number of methoxy groups -OCH3 is 1. The Bertz CT molecular complexity index is 1430. The third-order valence-corrected chi connectivity index (χ3v) is 6.23. The number of hydrogen-bond donors (Lipinski definition) is 1. The molecule has 1 aliphatic rings. The van der Waals surface area contributed by atoms with E-state index in [1.54, 1.807) is 19.2 Å². The SMILES string of the molecule is COc1ccc(C2NC(=S)N(c3cccc(C)c3)C(C)=C2c2nc(-c3cccc(F)c3)no2)cc1. The van der Waals surface area contributed by atoms with Crippen LogP contribution in [0.1, 0.15) is 30.0 Å². The monoisotopic (exact) mass is 486 g/mol. The van der Waals surface area contributed by atoms with Crippen LogP contribution in [0.3, 0.4) is 0 Å². The summed E-state index contributed by atoms with van der Waals surface area (Å²) in [5.41, 5.74) is 5.17. The van der Waals surface area contributed by atoms with E-state index in [0.717, 1.165) is 33.8 Å². The summed E-state index contributed by atoms with van der Waals surface area (Å²) in [6, 6.07) is 21.6. The summed E-state index contributed by atoms with van der Waals surface area (Å²) in [7, 11) is 1.63. The zero-order chi connectivity index (χ0) is 24.5. The number of anilines is 1. The highest BCUT2D eigenvalue weighted by molar-refractivity contribution is 7.80. The number of thiocarbonyl (C=S) groups is 1. The molecule has 5 rings (SSSR count). The van der Waals surface area contributed by atoms with Crippen molar-refractivity contribution >= 4 is 28.6 Å². The van der Waals surface area contributed by atoms with Gasteiger partial charge in [0.15, 0.2) is 5.11 Å². The van der Waals surface area contributed by atoms with Crippen LogP contribution in [-0.4, -0.2) is 22.4 Å². The number of benzene rings is 3. The quantitative estimate of drug-likeness (QED) is 0.344. The summed E-state index contributed by atoms with van der Waals surface area (Å²) < 4.78 is 24.9. The summed E-state index contributed by atoms with van der Waals surface area (Å²) in [6.45, 7) is 4.01. The fourth-order valence-electron chi connectivity index (χ4n) is 4.22. The predicted molar refractivity (Wildman–Crippen MR) is 137 cm³/mol. The lowest BCUT2D eigenvalue weighted by molar-refractivity contribution is 0.404. The minimum Gasteiger partial charge on any atom is -0.497 e. The van der Waals surface area contributed by atoms with E-state index in [9.17, 15) is 4.39 Å². The van der Waals surface area contributed by atoms with Crippen LogP contribution < -0.4 is 15.0 Å². The molecule has 0 fully saturated rings. The first-order valence-electron chi connectivity index (χ1n) is 11.1. The first kappa shape index (κ1) is 22.7. The van der Waals surface area contributed by atoms with Gasteiger partial charge in [-0.3, -0.25) is 4.90 Å². The molecule has 0 spiro atoms. The van der Waals surface area contributed by atoms with Crippen molar-refractivity contribution in [2.75, 3.05) is 12.0 Å². The van der Waals surface area contributed by atoms with E-state index >= 15 is 0 Å². The maximum Gasteiger partial charge on any atom is 0.258 e. The zero-order valence-corrected chi connectivity index (χ0v) is 20.3. The topological polar surface area (TPSA) is 63.4 Å². The molecule has 0 radical (unpaired) electrons. The number of halogens is 1. The molecule has 8 heteroatoms. The highest BCUT2D eigenvalue weighted by atomic mass is 32.1. The summed E-state index contributed by atoms with van der Waals surface area (Å²) in [5.74, 6) is 1.02. The van der Waals surface area contributed by atoms with Crippen LogP contribution in [0, 0.1) is 12.7 Å². The lowest BCUT2D eigenvalue weighted by Crippen LogP contribution is -2.46. The van der Waals surface area contributed by atoms with Crippen molar-refractivity contribution in [1.82, 2.24) is 15.5 Å². The van der Waals surface area contributed by atoms with Crippen LogP contribution in [0.25, 0.3) is 17.0 Å². The molecule has 3 aromatic carbocycles. The first-order chi connectivity index (χ1) is 16.9. The molecule has 0 bridgehead atoms. The van der Waals surface area contributed by atoms with Crippen molar-refractivity contribution in [2.24, 2.45) is 0 Å². The fraction of sp³-hybridized carbons (Fsp3) is 0.148. The molecule has 1 unspecified atom stereocenters. The number of hydrogen-bond acceptors (Lipinski definition) is 5. The van der Waals surface area contributed by atoms with Gasteiger partial charge in [0.05, 0.1) is 18.7 Å². The number of allylic oxidation sites excluding steroid dienone is 1. The van der Waals surface area contributed by atoms with E-state index in [1.807, 2.05) is 61.2 Å². The Labute approximate surface area is 208 Å². The lowest BCUT2D eigenvalue weighted by Gasteiger charge is -2.37. The van der Waals surface area contributed by atoms with Crippen molar-refractivity contribution in [3.05, 3.63) is 101 Å². The molecular formula is C27H23FN4O2S. The summed E-state index contributed by atoms with van der Waals surface area (Å²) in [5, 5.41) is 8.14. The van der Waals surface area contributed by atoms with Gasteiger partial charge in [-0.15, -0.1) is 0 Å². The highest BCUT2D eigenvalue weighted by Crippen LogP contribution is 2.39. The number of nitrogens with zero attached hydrogens (tertiary/aromatic N) is 3. The molecular weight excluding hydrogens is 463 g/mol. The van der Waals surface area contributed by atoms with Crippen LogP contribution in [0.4, 0.5) is 10.1 Å². The molecule has 0 saturated heterocycles. The van der Waals surface area contributed by atoms with Gasteiger partial charge in [0.1, 0.15) is 11.6 Å². The van der Waals surface area contributed by atoms with Crippen LogP contribution in [0.2, 0.25) is 0 Å². The van der Waals surface area contributed by atoms with Crippen LogP contribution in [-0.2, 0) is 0 Å². The Morgan fingerprint density at radius 3 is 2.51 bits per heavy atom. The van der Waals surface area contributed by atoms with Gasteiger partial charge < -0.3 is 14.6 Å². The minimum atomic E-state index is -0.365. The molecule has 6 nitrogen and oxygen atoms in total. The van der Waals surface area contributed by atoms with E-state index in [4.69, 9.17) is 21.5 Å². The van der Waals surface area contributed by atoms with Gasteiger partial charge in [0.25, 0.3) is 5.89 Å². The predicted octanol–water partition coefficient (Wildman–Crippen LogP) is 6.06. The molecule has 0 amide bonds. The molecule has 0 aliphatic carbocycles. The smallest absolute Gasteiger partial charge is 0.258 e. The number of aromatic nitrogens is 2. The van der Waals surface area contributed by atoms with E-state index in [0.29, 0.717) is 22.4 Å². The van der Waals surface area contributed by atoms with Gasteiger partial charge in [-0.25, -0.2) is 4.39 Å². The number of aryl methyl sites for hydroxylation is 1. The van der Waals surface area contributed by atoms with Crippen molar-refractivity contribution < 1.29 is 13.7 Å². The number of ether oxygens (including phenoxy) is 1. The molecule has 1 aromatic heterocycles. The molecule has 1 N–H and O–H groups in total. The average molecular weight is 487 g/mol. The van der Waals surface area contributed by atoms with Gasteiger partial charge in [-0.1, -0.05) is 41.6 Å². The van der Waals surface area contributed by atoms with E-state index in [-0.39, 0.29) is 11.9 Å². The second-order valence-corrected chi connectivity index (χ2v) is 8.65. The third-order valence-electron chi connectivity index (χ3n) is 5.93. The van der Waals surface area contributed by atoms with Crippen LogP contribution in [0.5, 0.6) is 5.75 Å². The maximum absolute atomic E-state index is 13.8. The van der Waals surface area contributed by atoms with Crippen molar-refractivity contribution in [2.45, 2.75) is 19.9 Å². The molecule has 2 heterocycles. The third kappa shape index (κ3) is 4.40. The number of rotatable bonds is 5. The van der Waals surface area contributed by atoms with E-state index < -0.39 is 0 Å². The second-order valence-electron chi connectivity index (χ2n) is 8.26. The zero-order valence-electron chi connectivity index (χ0n) is 19.4. The molecule has 4 aromatic rings. The molecule has 1 atom stereocenters. The summed E-state index contributed by atoms with van der Waals surface area (Å²) >= 11 is 5.80. The summed E-state index contributed by atoms with van der Waals surface area (Å²) in [6.07, 6.45) is 0. The van der Waals surface area contributed by atoms with Crippen LogP contribution >= 0.6 is 12.2 Å². The Morgan fingerprint density at radius 1 is 1.03 bits per heavy atom. The lowest BCUT2D eigenvalue weighted by atomic mass is 9.94. The van der Waals surface area contributed by atoms with Gasteiger partial charge >= 0.3 is 0 Å². The largest absolute Gasteiger partial charge is 0.497 e. The van der Waals surface area contributed by atoms with Gasteiger partial charge in [0.2, 0.25) is 5.82 Å². The van der Waals surface area contributed by atoms with Gasteiger partial charge in [0, 0.05) is 16.9 Å². The minimum absolute atomic E-state index is 0.309. The Kier molecular flexibility index (Phi) is 6.05. The molecule has 1 aliphatic heterocycles. The maximum atomic E-state index is 13.8. The Hall–Kier alpha value is -4.04. The number of nitrogens with one attached hydrogen (secondary N) is 1. The van der Waals surface area contributed by atoms with Crippen molar-refractivity contribution in [1.29, 1.82) is 0 Å². The average Bonchev–Trinajstić information content (AvgIpc) is 3.34. The first-order valence-corrected chi connectivity index (χ1v) is 11.5. The van der Waals surface area contributed by atoms with Crippen LogP contribution in [0.15, 0.2) is 83.0 Å². The Balaban J connectivity index is 1.65.